The zero-order chi connectivity index (χ0) is 14.0. The van der Waals surface area contributed by atoms with Gasteiger partial charge in [-0.25, -0.2) is 0 Å². The van der Waals surface area contributed by atoms with Gasteiger partial charge in [-0.1, -0.05) is 33.6 Å². The summed E-state index contributed by atoms with van der Waals surface area (Å²) in [6.45, 7) is 1.73. The van der Waals surface area contributed by atoms with Crippen LogP contribution in [0.15, 0.2) is 40.9 Å². The number of anilines is 1. The summed E-state index contributed by atoms with van der Waals surface area (Å²) in [5.74, 6) is -0.175. The van der Waals surface area contributed by atoms with E-state index in [0.29, 0.717) is 21.8 Å². The minimum Gasteiger partial charge on any atom is -0.508 e. The van der Waals surface area contributed by atoms with Gasteiger partial charge >= 0.3 is 0 Å². The molecular formula is C14H11BrClNO2. The summed E-state index contributed by atoms with van der Waals surface area (Å²) in [5.41, 5.74) is 1.56. The summed E-state index contributed by atoms with van der Waals surface area (Å²) in [5, 5.41) is 12.7. The normalized spacial score (nSPS) is 10.3. The van der Waals surface area contributed by atoms with Gasteiger partial charge in [-0.15, -0.1) is 0 Å². The lowest BCUT2D eigenvalue weighted by molar-refractivity contribution is 0.102. The molecule has 1 amide bonds. The van der Waals surface area contributed by atoms with Crippen LogP contribution in [0.1, 0.15) is 15.9 Å². The van der Waals surface area contributed by atoms with Crippen molar-refractivity contribution in [3.63, 3.8) is 0 Å². The molecule has 0 saturated carbocycles. The number of halogens is 2. The number of phenolic OH excluding ortho intramolecular Hbond substituents is 1. The average molecular weight is 341 g/mol. The van der Waals surface area contributed by atoms with Crippen molar-refractivity contribution in [1.82, 2.24) is 0 Å². The second-order valence-electron chi connectivity index (χ2n) is 4.03. The van der Waals surface area contributed by atoms with Crippen molar-refractivity contribution in [2.24, 2.45) is 0 Å². The van der Waals surface area contributed by atoms with Crippen molar-refractivity contribution in [2.45, 2.75) is 6.92 Å². The molecule has 98 valence electrons. The summed E-state index contributed by atoms with van der Waals surface area (Å²) in [7, 11) is 0. The number of amides is 1. The third-order valence-electron chi connectivity index (χ3n) is 2.73. The van der Waals surface area contributed by atoms with Gasteiger partial charge in [-0.3, -0.25) is 4.79 Å². The molecule has 2 rings (SSSR count). The van der Waals surface area contributed by atoms with Crippen LogP contribution in [0.25, 0.3) is 0 Å². The fourth-order valence-electron chi connectivity index (χ4n) is 1.62. The molecule has 0 fully saturated rings. The smallest absolute Gasteiger partial charge is 0.257 e. The molecule has 0 aliphatic rings. The van der Waals surface area contributed by atoms with Crippen molar-refractivity contribution in [3.8, 4) is 5.75 Å². The van der Waals surface area contributed by atoms with Crippen LogP contribution in [0.2, 0.25) is 5.02 Å². The number of carbonyl (C=O) groups excluding carboxylic acids is 1. The Hall–Kier alpha value is -1.52. The van der Waals surface area contributed by atoms with Crippen LogP contribution in [-0.2, 0) is 0 Å². The molecular weight excluding hydrogens is 330 g/mol. The SMILES string of the molecule is Cc1c(O)cccc1NC(=O)c1ccc(Br)cc1Cl. The van der Waals surface area contributed by atoms with Crippen LogP contribution < -0.4 is 5.32 Å². The maximum absolute atomic E-state index is 12.1. The molecule has 0 unspecified atom stereocenters. The van der Waals surface area contributed by atoms with E-state index in [1.54, 1.807) is 43.3 Å². The van der Waals surface area contributed by atoms with E-state index in [9.17, 15) is 9.90 Å². The standard InChI is InChI=1S/C14H11BrClNO2/c1-8-12(3-2-4-13(8)18)17-14(19)10-6-5-9(15)7-11(10)16/h2-7,18H,1H3,(H,17,19). The van der Waals surface area contributed by atoms with Gasteiger partial charge in [-0.05, 0) is 37.3 Å². The molecule has 19 heavy (non-hydrogen) atoms. The molecule has 0 bridgehead atoms. The zero-order valence-corrected chi connectivity index (χ0v) is 12.4. The van der Waals surface area contributed by atoms with Crippen molar-refractivity contribution in [1.29, 1.82) is 0 Å². The van der Waals surface area contributed by atoms with Gasteiger partial charge in [0.05, 0.1) is 10.6 Å². The quantitative estimate of drug-likeness (QED) is 0.853. The summed E-state index contributed by atoms with van der Waals surface area (Å²) >= 11 is 9.31. The molecule has 0 aliphatic carbocycles. The van der Waals surface area contributed by atoms with E-state index < -0.39 is 0 Å². The van der Waals surface area contributed by atoms with Crippen LogP contribution in [0, 0.1) is 6.92 Å². The number of rotatable bonds is 2. The Labute approximate surface area is 124 Å². The molecule has 0 spiro atoms. The monoisotopic (exact) mass is 339 g/mol. The molecule has 2 N–H and O–H groups in total. The minimum absolute atomic E-state index is 0.139. The van der Waals surface area contributed by atoms with E-state index >= 15 is 0 Å². The first-order valence-electron chi connectivity index (χ1n) is 5.54. The molecule has 2 aromatic rings. The van der Waals surface area contributed by atoms with E-state index in [2.05, 4.69) is 21.2 Å². The molecule has 0 radical (unpaired) electrons. The van der Waals surface area contributed by atoms with Crippen molar-refractivity contribution >= 4 is 39.1 Å². The van der Waals surface area contributed by atoms with E-state index in [0.717, 1.165) is 4.47 Å². The van der Waals surface area contributed by atoms with Crippen molar-refractivity contribution in [2.75, 3.05) is 5.32 Å². The van der Waals surface area contributed by atoms with Crippen LogP contribution in [-0.4, -0.2) is 11.0 Å². The number of hydrogen-bond acceptors (Lipinski definition) is 2. The number of benzene rings is 2. The lowest BCUT2D eigenvalue weighted by Gasteiger charge is -2.10. The first-order chi connectivity index (χ1) is 8.99. The summed E-state index contributed by atoms with van der Waals surface area (Å²) < 4.78 is 0.808. The fraction of sp³-hybridized carbons (Fsp3) is 0.0714. The highest BCUT2D eigenvalue weighted by molar-refractivity contribution is 9.10. The molecule has 3 nitrogen and oxygen atoms in total. The van der Waals surface area contributed by atoms with E-state index in [1.807, 2.05) is 0 Å². The average Bonchev–Trinajstić information content (AvgIpc) is 2.34. The number of carbonyl (C=O) groups is 1. The van der Waals surface area contributed by atoms with Gasteiger partial charge in [0, 0.05) is 15.7 Å². The Morgan fingerprint density at radius 1 is 1.32 bits per heavy atom. The van der Waals surface area contributed by atoms with Crippen LogP contribution in [0.4, 0.5) is 5.69 Å². The minimum atomic E-state index is -0.314. The first-order valence-corrected chi connectivity index (χ1v) is 6.71. The maximum Gasteiger partial charge on any atom is 0.257 e. The van der Waals surface area contributed by atoms with Gasteiger partial charge in [0.15, 0.2) is 0 Å². The third-order valence-corrected chi connectivity index (χ3v) is 3.54. The Kier molecular flexibility index (Phi) is 4.12. The van der Waals surface area contributed by atoms with Gasteiger partial charge in [0.1, 0.15) is 5.75 Å². The van der Waals surface area contributed by atoms with Gasteiger partial charge < -0.3 is 10.4 Å². The Bertz CT molecular complexity index is 643. The lowest BCUT2D eigenvalue weighted by Crippen LogP contribution is -2.13. The van der Waals surface area contributed by atoms with Gasteiger partial charge in [0.2, 0.25) is 0 Å². The van der Waals surface area contributed by atoms with Crippen LogP contribution in [0.5, 0.6) is 5.75 Å². The second kappa shape index (κ2) is 5.63. The fourth-order valence-corrected chi connectivity index (χ4v) is 2.38. The third kappa shape index (κ3) is 3.08. The number of phenols is 1. The largest absolute Gasteiger partial charge is 0.508 e. The zero-order valence-electron chi connectivity index (χ0n) is 10.1. The van der Waals surface area contributed by atoms with Gasteiger partial charge in [-0.2, -0.15) is 0 Å². The molecule has 0 saturated heterocycles. The van der Waals surface area contributed by atoms with Crippen molar-refractivity contribution < 1.29 is 9.90 Å². The van der Waals surface area contributed by atoms with Crippen LogP contribution >= 0.6 is 27.5 Å². The van der Waals surface area contributed by atoms with E-state index in [-0.39, 0.29) is 11.7 Å². The Balaban J connectivity index is 2.28. The topological polar surface area (TPSA) is 49.3 Å². The predicted molar refractivity (Wildman–Crippen MR) is 79.9 cm³/mol. The number of aromatic hydroxyl groups is 1. The molecule has 0 aromatic heterocycles. The highest BCUT2D eigenvalue weighted by atomic mass is 79.9. The Morgan fingerprint density at radius 3 is 2.74 bits per heavy atom. The summed E-state index contributed by atoms with van der Waals surface area (Å²) in [6.07, 6.45) is 0. The molecule has 2 aromatic carbocycles. The second-order valence-corrected chi connectivity index (χ2v) is 5.35. The summed E-state index contributed by atoms with van der Waals surface area (Å²) in [4.78, 5) is 12.1. The van der Waals surface area contributed by atoms with Gasteiger partial charge in [0.25, 0.3) is 5.91 Å². The molecule has 0 aliphatic heterocycles. The molecule has 0 heterocycles. The van der Waals surface area contributed by atoms with Crippen LogP contribution in [0.3, 0.4) is 0 Å². The lowest BCUT2D eigenvalue weighted by atomic mass is 10.1. The van der Waals surface area contributed by atoms with E-state index in [4.69, 9.17) is 11.6 Å². The molecule has 5 heteroatoms. The highest BCUT2D eigenvalue weighted by Gasteiger charge is 2.12. The van der Waals surface area contributed by atoms with E-state index in [1.165, 1.54) is 0 Å². The molecule has 0 atom stereocenters. The predicted octanol–water partition coefficient (Wildman–Crippen LogP) is 4.37. The summed E-state index contributed by atoms with van der Waals surface area (Å²) in [6, 6.07) is 10.0. The maximum atomic E-state index is 12.1. The van der Waals surface area contributed by atoms with Crippen molar-refractivity contribution in [3.05, 3.63) is 57.0 Å². The number of nitrogens with one attached hydrogen (secondary N) is 1. The first kappa shape index (κ1) is 13.9. The Morgan fingerprint density at radius 2 is 2.05 bits per heavy atom. The highest BCUT2D eigenvalue weighted by Crippen LogP contribution is 2.26. The number of hydrogen-bond donors (Lipinski definition) is 2.